The van der Waals surface area contributed by atoms with Crippen LogP contribution in [-0.2, 0) is 7.05 Å². The topological polar surface area (TPSA) is 88.5 Å². The molecule has 2 heterocycles. The van der Waals surface area contributed by atoms with E-state index < -0.39 is 0 Å². The number of aromatic amines is 1. The molecule has 102 valence electrons. The second-order valence-electron chi connectivity index (χ2n) is 4.61. The molecule has 2 N–H and O–H groups in total. The predicted octanol–water partition coefficient (Wildman–Crippen LogP) is 1.22. The van der Waals surface area contributed by atoms with E-state index in [1.54, 1.807) is 17.7 Å². The fraction of sp³-hybridized carbons (Fsp3) is 0.231. The first-order valence-electron chi connectivity index (χ1n) is 6.25. The van der Waals surface area contributed by atoms with Crippen molar-refractivity contribution in [3.05, 3.63) is 46.5 Å². The molecule has 2 aromatic heterocycles. The van der Waals surface area contributed by atoms with Gasteiger partial charge in [-0.25, -0.2) is 0 Å². The Morgan fingerprint density at radius 2 is 2.15 bits per heavy atom. The SMILES string of the molecule is CC(Nc1cc(=O)n(C)c2ccccc12)c1nn[nH]n1. The van der Waals surface area contributed by atoms with E-state index in [1.807, 2.05) is 31.2 Å². The molecule has 20 heavy (non-hydrogen) atoms. The maximum atomic E-state index is 12.0. The van der Waals surface area contributed by atoms with Gasteiger partial charge in [-0.05, 0) is 13.0 Å². The molecule has 0 aliphatic heterocycles. The number of hydrogen-bond acceptors (Lipinski definition) is 5. The van der Waals surface area contributed by atoms with Crippen molar-refractivity contribution in [2.45, 2.75) is 13.0 Å². The van der Waals surface area contributed by atoms with Gasteiger partial charge in [0.25, 0.3) is 5.56 Å². The van der Waals surface area contributed by atoms with Crippen molar-refractivity contribution in [2.75, 3.05) is 5.32 Å². The number of para-hydroxylation sites is 1. The number of benzene rings is 1. The van der Waals surface area contributed by atoms with Crippen LogP contribution >= 0.6 is 0 Å². The predicted molar refractivity (Wildman–Crippen MR) is 75.4 cm³/mol. The first kappa shape index (κ1) is 12.3. The van der Waals surface area contributed by atoms with E-state index >= 15 is 0 Å². The van der Waals surface area contributed by atoms with Crippen LogP contribution in [0, 0.1) is 0 Å². The molecule has 0 aliphatic rings. The molecule has 0 saturated carbocycles. The van der Waals surface area contributed by atoms with E-state index in [2.05, 4.69) is 25.9 Å². The molecule has 7 heteroatoms. The summed E-state index contributed by atoms with van der Waals surface area (Å²) in [4.78, 5) is 12.0. The Balaban J connectivity index is 2.08. The molecule has 0 radical (unpaired) electrons. The summed E-state index contributed by atoms with van der Waals surface area (Å²) < 4.78 is 1.62. The first-order valence-corrected chi connectivity index (χ1v) is 6.25. The van der Waals surface area contributed by atoms with Crippen LogP contribution in [0.4, 0.5) is 5.69 Å². The third kappa shape index (κ3) is 2.03. The second kappa shape index (κ2) is 4.76. The lowest BCUT2D eigenvalue weighted by molar-refractivity contribution is 0.793. The van der Waals surface area contributed by atoms with Gasteiger partial charge in [0.05, 0.1) is 11.6 Å². The van der Waals surface area contributed by atoms with E-state index in [1.165, 1.54) is 0 Å². The molecule has 1 unspecified atom stereocenters. The minimum absolute atomic E-state index is 0.0634. The van der Waals surface area contributed by atoms with Gasteiger partial charge in [-0.15, -0.1) is 10.2 Å². The average molecular weight is 270 g/mol. The maximum Gasteiger partial charge on any atom is 0.252 e. The summed E-state index contributed by atoms with van der Waals surface area (Å²) in [5.41, 5.74) is 1.58. The van der Waals surface area contributed by atoms with Crippen molar-refractivity contribution in [3.63, 3.8) is 0 Å². The van der Waals surface area contributed by atoms with Gasteiger partial charge < -0.3 is 9.88 Å². The third-order valence-corrected chi connectivity index (χ3v) is 3.28. The van der Waals surface area contributed by atoms with E-state index in [-0.39, 0.29) is 11.6 Å². The van der Waals surface area contributed by atoms with Crippen LogP contribution in [0.1, 0.15) is 18.8 Å². The number of pyridine rings is 1. The number of hydrogen-bond donors (Lipinski definition) is 2. The summed E-state index contributed by atoms with van der Waals surface area (Å²) in [7, 11) is 1.76. The Bertz CT molecular complexity index is 792. The highest BCUT2D eigenvalue weighted by molar-refractivity contribution is 5.91. The van der Waals surface area contributed by atoms with Crippen molar-refractivity contribution in [2.24, 2.45) is 7.05 Å². The standard InChI is InChI=1S/C13H14N6O/c1-8(13-15-17-18-16-13)14-10-7-12(20)19(2)11-6-4-3-5-9(10)11/h3-8,14H,1-2H3,(H,15,16,17,18). The summed E-state index contributed by atoms with van der Waals surface area (Å²) in [5, 5.41) is 18.1. The van der Waals surface area contributed by atoms with Gasteiger partial charge in [-0.3, -0.25) is 4.79 Å². The summed E-state index contributed by atoms with van der Waals surface area (Å²) in [6.45, 7) is 1.91. The summed E-state index contributed by atoms with van der Waals surface area (Å²) in [5.74, 6) is 0.551. The van der Waals surface area contributed by atoms with Crippen LogP contribution in [0.15, 0.2) is 35.1 Å². The zero-order chi connectivity index (χ0) is 14.1. The fourth-order valence-electron chi connectivity index (χ4n) is 2.18. The average Bonchev–Trinajstić information content (AvgIpc) is 2.99. The molecule has 0 spiro atoms. The molecular formula is C13H14N6O. The molecule has 1 aromatic carbocycles. The first-order chi connectivity index (χ1) is 9.66. The van der Waals surface area contributed by atoms with Gasteiger partial charge in [-0.2, -0.15) is 5.21 Å². The van der Waals surface area contributed by atoms with Crippen LogP contribution in [-0.4, -0.2) is 25.2 Å². The minimum atomic E-state index is -0.149. The smallest absolute Gasteiger partial charge is 0.252 e. The maximum absolute atomic E-state index is 12.0. The Kier molecular flexibility index (Phi) is 2.94. The lowest BCUT2D eigenvalue weighted by Crippen LogP contribution is -2.18. The summed E-state index contributed by atoms with van der Waals surface area (Å²) in [6, 6.07) is 9.18. The van der Waals surface area contributed by atoms with E-state index in [4.69, 9.17) is 0 Å². The lowest BCUT2D eigenvalue weighted by Gasteiger charge is -2.15. The van der Waals surface area contributed by atoms with Crippen LogP contribution < -0.4 is 10.9 Å². The number of aryl methyl sites for hydroxylation is 1. The van der Waals surface area contributed by atoms with Crippen LogP contribution in [0.2, 0.25) is 0 Å². The number of H-pyrrole nitrogens is 1. The number of fused-ring (bicyclic) bond motifs is 1. The molecule has 3 rings (SSSR count). The Hall–Kier alpha value is -2.70. The normalized spacial score (nSPS) is 12.5. The molecule has 0 amide bonds. The zero-order valence-electron chi connectivity index (χ0n) is 11.2. The molecule has 0 bridgehead atoms. The highest BCUT2D eigenvalue weighted by Crippen LogP contribution is 2.23. The Labute approximate surface area is 114 Å². The number of nitrogens with zero attached hydrogens (tertiary/aromatic N) is 4. The summed E-state index contributed by atoms with van der Waals surface area (Å²) >= 11 is 0. The van der Waals surface area contributed by atoms with Gasteiger partial charge >= 0.3 is 0 Å². The third-order valence-electron chi connectivity index (χ3n) is 3.28. The monoisotopic (exact) mass is 270 g/mol. The number of anilines is 1. The number of nitrogens with one attached hydrogen (secondary N) is 2. The molecule has 0 aliphatic carbocycles. The highest BCUT2D eigenvalue weighted by Gasteiger charge is 2.13. The highest BCUT2D eigenvalue weighted by atomic mass is 16.1. The van der Waals surface area contributed by atoms with Crippen molar-refractivity contribution in [1.29, 1.82) is 0 Å². The Morgan fingerprint density at radius 3 is 2.90 bits per heavy atom. The van der Waals surface area contributed by atoms with Crippen LogP contribution in [0.5, 0.6) is 0 Å². The van der Waals surface area contributed by atoms with Crippen molar-refractivity contribution >= 4 is 16.6 Å². The van der Waals surface area contributed by atoms with Crippen molar-refractivity contribution in [3.8, 4) is 0 Å². The molecular weight excluding hydrogens is 256 g/mol. The largest absolute Gasteiger partial charge is 0.374 e. The lowest BCUT2D eigenvalue weighted by atomic mass is 10.1. The molecule has 7 nitrogen and oxygen atoms in total. The zero-order valence-corrected chi connectivity index (χ0v) is 11.2. The van der Waals surface area contributed by atoms with Gasteiger partial charge in [0.15, 0.2) is 5.82 Å². The van der Waals surface area contributed by atoms with Crippen LogP contribution in [0.25, 0.3) is 10.9 Å². The molecule has 3 aromatic rings. The quantitative estimate of drug-likeness (QED) is 0.747. The minimum Gasteiger partial charge on any atom is -0.374 e. The second-order valence-corrected chi connectivity index (χ2v) is 4.61. The van der Waals surface area contributed by atoms with E-state index in [0.29, 0.717) is 5.82 Å². The van der Waals surface area contributed by atoms with Crippen molar-refractivity contribution < 1.29 is 0 Å². The summed E-state index contributed by atoms with van der Waals surface area (Å²) in [6.07, 6.45) is 0. The van der Waals surface area contributed by atoms with Crippen molar-refractivity contribution in [1.82, 2.24) is 25.2 Å². The fourth-order valence-corrected chi connectivity index (χ4v) is 2.18. The number of rotatable bonds is 3. The molecule has 0 fully saturated rings. The van der Waals surface area contributed by atoms with Gasteiger partial charge in [0.2, 0.25) is 0 Å². The number of tetrazole rings is 1. The molecule has 1 atom stereocenters. The van der Waals surface area contributed by atoms with Crippen LogP contribution in [0.3, 0.4) is 0 Å². The Morgan fingerprint density at radius 1 is 1.35 bits per heavy atom. The molecule has 0 saturated heterocycles. The van der Waals surface area contributed by atoms with E-state index in [9.17, 15) is 4.79 Å². The number of aromatic nitrogens is 5. The van der Waals surface area contributed by atoms with Gasteiger partial charge in [0, 0.05) is 24.2 Å². The van der Waals surface area contributed by atoms with Gasteiger partial charge in [0.1, 0.15) is 0 Å². The van der Waals surface area contributed by atoms with E-state index in [0.717, 1.165) is 16.6 Å². The van der Waals surface area contributed by atoms with Gasteiger partial charge in [-0.1, -0.05) is 23.4 Å².